The molecule has 8 nitrogen and oxygen atoms in total. The van der Waals surface area contributed by atoms with Gasteiger partial charge in [0, 0.05) is 31.6 Å². The molecule has 2 aliphatic rings. The fourth-order valence-electron chi connectivity index (χ4n) is 4.11. The Labute approximate surface area is 164 Å². The maximum atomic E-state index is 13.0. The third-order valence-corrected chi connectivity index (χ3v) is 5.51. The number of nitrogens with two attached hydrogens (primary N) is 1. The van der Waals surface area contributed by atoms with Gasteiger partial charge in [-0.1, -0.05) is 30.3 Å². The Morgan fingerprint density at radius 1 is 1.11 bits per heavy atom. The summed E-state index contributed by atoms with van der Waals surface area (Å²) < 4.78 is 1.93. The van der Waals surface area contributed by atoms with Crippen LogP contribution in [0.5, 0.6) is 0 Å². The van der Waals surface area contributed by atoms with E-state index >= 15 is 0 Å². The van der Waals surface area contributed by atoms with Crippen molar-refractivity contribution in [3.8, 4) is 11.4 Å². The van der Waals surface area contributed by atoms with Crippen LogP contribution in [0.25, 0.3) is 11.4 Å². The summed E-state index contributed by atoms with van der Waals surface area (Å²) in [6.07, 6.45) is 2.48. The molecule has 0 aliphatic carbocycles. The van der Waals surface area contributed by atoms with Crippen molar-refractivity contribution in [2.45, 2.75) is 25.8 Å². The van der Waals surface area contributed by atoms with E-state index in [0.29, 0.717) is 32.6 Å². The summed E-state index contributed by atoms with van der Waals surface area (Å²) in [7, 11) is 0. The highest BCUT2D eigenvalue weighted by Gasteiger charge is 2.31. The topological polar surface area (TPSA) is 97.3 Å². The molecule has 2 aliphatic heterocycles. The second kappa shape index (κ2) is 8.10. The van der Waals surface area contributed by atoms with Crippen molar-refractivity contribution in [3.05, 3.63) is 36.2 Å². The molecule has 1 fully saturated rings. The van der Waals surface area contributed by atoms with Crippen LogP contribution in [0.4, 0.5) is 0 Å². The van der Waals surface area contributed by atoms with Gasteiger partial charge in [0.05, 0.1) is 19.0 Å². The lowest BCUT2D eigenvalue weighted by molar-refractivity contribution is -0.138. The van der Waals surface area contributed by atoms with E-state index in [1.807, 2.05) is 44.8 Å². The highest BCUT2D eigenvalue weighted by molar-refractivity contribution is 5.79. The van der Waals surface area contributed by atoms with Gasteiger partial charge < -0.3 is 10.6 Å². The third-order valence-electron chi connectivity index (χ3n) is 5.51. The van der Waals surface area contributed by atoms with Gasteiger partial charge >= 0.3 is 0 Å². The molecule has 28 heavy (non-hydrogen) atoms. The number of hydrogen-bond acceptors (Lipinski definition) is 5. The van der Waals surface area contributed by atoms with Crippen molar-refractivity contribution in [2.75, 3.05) is 32.7 Å². The quantitative estimate of drug-likeness (QED) is 0.832. The number of likely N-dealkylation sites (tertiary alicyclic amines) is 1. The number of nitrogens with zero attached hydrogens (tertiary/aromatic N) is 5. The van der Waals surface area contributed by atoms with Crippen LogP contribution in [0.15, 0.2) is 30.3 Å². The zero-order chi connectivity index (χ0) is 19.5. The van der Waals surface area contributed by atoms with E-state index in [4.69, 9.17) is 5.73 Å². The lowest BCUT2D eigenvalue weighted by Gasteiger charge is -2.34. The van der Waals surface area contributed by atoms with Gasteiger partial charge in [0.15, 0.2) is 5.82 Å². The molecule has 3 heterocycles. The van der Waals surface area contributed by atoms with Crippen molar-refractivity contribution in [1.29, 1.82) is 0 Å². The predicted octanol–water partition coefficient (Wildman–Crippen LogP) is 0.527. The molecule has 1 unspecified atom stereocenters. The molecule has 0 spiro atoms. The van der Waals surface area contributed by atoms with E-state index in [9.17, 15) is 9.59 Å². The maximum Gasteiger partial charge on any atom is 0.231 e. The molecular weight excluding hydrogens is 356 g/mol. The van der Waals surface area contributed by atoms with Crippen LogP contribution >= 0.6 is 0 Å². The van der Waals surface area contributed by atoms with E-state index in [1.165, 1.54) is 0 Å². The van der Waals surface area contributed by atoms with E-state index in [0.717, 1.165) is 36.6 Å². The number of primary amides is 1. The van der Waals surface area contributed by atoms with Gasteiger partial charge in [-0.2, -0.15) is 5.10 Å². The third kappa shape index (κ3) is 4.06. The molecular formula is C20H26N6O2. The SMILES string of the molecule is NC(=O)CN1CCCC(C(=O)N2CCc3nc(-c4ccccc4)nn3CC2)C1. The summed E-state index contributed by atoms with van der Waals surface area (Å²) >= 11 is 0. The molecule has 148 valence electrons. The number of aromatic nitrogens is 3. The Hall–Kier alpha value is -2.74. The normalized spacial score (nSPS) is 20.4. The first-order chi connectivity index (χ1) is 13.6. The van der Waals surface area contributed by atoms with E-state index in [-0.39, 0.29) is 24.3 Å². The fraction of sp³-hybridized carbons (Fsp3) is 0.500. The lowest BCUT2D eigenvalue weighted by atomic mass is 9.96. The number of carbonyl (C=O) groups excluding carboxylic acids is 2. The summed E-state index contributed by atoms with van der Waals surface area (Å²) in [5, 5.41) is 4.64. The van der Waals surface area contributed by atoms with Crippen molar-refractivity contribution in [3.63, 3.8) is 0 Å². The van der Waals surface area contributed by atoms with Crippen LogP contribution in [0.2, 0.25) is 0 Å². The minimum absolute atomic E-state index is 0.0636. The van der Waals surface area contributed by atoms with Crippen molar-refractivity contribution >= 4 is 11.8 Å². The number of fused-ring (bicyclic) bond motifs is 1. The van der Waals surface area contributed by atoms with Crippen molar-refractivity contribution in [2.24, 2.45) is 11.7 Å². The first kappa shape index (κ1) is 18.6. The van der Waals surface area contributed by atoms with Gasteiger partial charge in [-0.15, -0.1) is 0 Å². The van der Waals surface area contributed by atoms with Gasteiger partial charge in [-0.3, -0.25) is 14.5 Å². The molecule has 2 N–H and O–H groups in total. The molecule has 1 aromatic heterocycles. The Morgan fingerprint density at radius 2 is 1.93 bits per heavy atom. The van der Waals surface area contributed by atoms with Gasteiger partial charge in [-0.05, 0) is 19.4 Å². The second-order valence-electron chi connectivity index (χ2n) is 7.56. The van der Waals surface area contributed by atoms with Gasteiger partial charge in [-0.25, -0.2) is 9.67 Å². The smallest absolute Gasteiger partial charge is 0.231 e. The monoisotopic (exact) mass is 382 g/mol. The Balaban J connectivity index is 1.39. The molecule has 1 atom stereocenters. The molecule has 8 heteroatoms. The Bertz CT molecular complexity index is 824. The molecule has 4 rings (SSSR count). The standard InChI is InChI=1S/C20H26N6O2/c21-17(27)14-24-9-4-7-16(13-24)20(28)25-10-8-18-22-19(23-26(18)12-11-25)15-5-2-1-3-6-15/h1-3,5-6,16H,4,7-14H2,(H2,21,27). The average molecular weight is 382 g/mol. The van der Waals surface area contributed by atoms with Gasteiger partial charge in [0.25, 0.3) is 0 Å². The molecule has 1 aromatic carbocycles. The first-order valence-electron chi connectivity index (χ1n) is 9.89. The Morgan fingerprint density at radius 3 is 2.71 bits per heavy atom. The van der Waals surface area contributed by atoms with Crippen LogP contribution in [0, 0.1) is 5.92 Å². The molecule has 0 saturated carbocycles. The molecule has 1 saturated heterocycles. The maximum absolute atomic E-state index is 13.0. The average Bonchev–Trinajstić information content (AvgIpc) is 3.01. The molecule has 2 aromatic rings. The van der Waals surface area contributed by atoms with Gasteiger partial charge in [0.1, 0.15) is 5.82 Å². The highest BCUT2D eigenvalue weighted by atomic mass is 16.2. The minimum atomic E-state index is -0.339. The van der Waals surface area contributed by atoms with Gasteiger partial charge in [0.2, 0.25) is 11.8 Å². The van der Waals surface area contributed by atoms with Crippen LogP contribution in [-0.4, -0.2) is 69.1 Å². The summed E-state index contributed by atoms with van der Waals surface area (Å²) in [4.78, 5) is 32.8. The number of rotatable bonds is 4. The van der Waals surface area contributed by atoms with E-state index in [1.54, 1.807) is 0 Å². The Kier molecular flexibility index (Phi) is 5.38. The zero-order valence-electron chi connectivity index (χ0n) is 16.0. The summed E-state index contributed by atoms with van der Waals surface area (Å²) in [5.41, 5.74) is 6.31. The van der Waals surface area contributed by atoms with Crippen LogP contribution in [-0.2, 0) is 22.6 Å². The van der Waals surface area contributed by atoms with Crippen molar-refractivity contribution < 1.29 is 9.59 Å². The predicted molar refractivity (Wildman–Crippen MR) is 104 cm³/mol. The van der Waals surface area contributed by atoms with E-state index in [2.05, 4.69) is 10.1 Å². The fourth-order valence-corrected chi connectivity index (χ4v) is 4.11. The van der Waals surface area contributed by atoms with Crippen LogP contribution in [0.1, 0.15) is 18.7 Å². The van der Waals surface area contributed by atoms with Crippen LogP contribution in [0.3, 0.4) is 0 Å². The number of benzene rings is 1. The summed E-state index contributed by atoms with van der Waals surface area (Å²) in [5.74, 6) is 1.43. The van der Waals surface area contributed by atoms with Crippen molar-refractivity contribution in [1.82, 2.24) is 24.6 Å². The summed E-state index contributed by atoms with van der Waals surface area (Å²) in [6.45, 7) is 3.60. The zero-order valence-corrected chi connectivity index (χ0v) is 16.0. The largest absolute Gasteiger partial charge is 0.369 e. The number of hydrogen-bond donors (Lipinski definition) is 1. The second-order valence-corrected chi connectivity index (χ2v) is 7.56. The summed E-state index contributed by atoms with van der Waals surface area (Å²) in [6, 6.07) is 9.95. The molecule has 0 radical (unpaired) electrons. The first-order valence-corrected chi connectivity index (χ1v) is 9.89. The number of piperidine rings is 1. The van der Waals surface area contributed by atoms with Crippen LogP contribution < -0.4 is 5.73 Å². The minimum Gasteiger partial charge on any atom is -0.369 e. The highest BCUT2D eigenvalue weighted by Crippen LogP contribution is 2.21. The molecule has 2 amide bonds. The number of amides is 2. The molecule has 0 bridgehead atoms. The number of carbonyl (C=O) groups is 2. The van der Waals surface area contributed by atoms with E-state index < -0.39 is 0 Å². The lowest BCUT2D eigenvalue weighted by Crippen LogP contribution is -2.47.